The van der Waals surface area contributed by atoms with E-state index in [1.54, 1.807) is 18.5 Å². The second-order valence-electron chi connectivity index (χ2n) is 6.50. The maximum atomic E-state index is 13.1. The Morgan fingerprint density at radius 3 is 2.28 bits per heavy atom. The Kier molecular flexibility index (Phi) is 6.15. The average Bonchev–Trinajstić information content (AvgIpc) is 3.20. The zero-order valence-corrected chi connectivity index (χ0v) is 18.7. The Bertz CT molecular complexity index is 1100. The standard InChI is InChI=1S/C16H22N4O6S3/c1-12-17-14(11-18(12)2)29(24,25)20-7-4-6-19(8-9-20)28(22,23)13-5-10-27-15(13)16(21)26-3/h5,10-11H,4,6-9H2,1-3H3. The Morgan fingerprint density at radius 1 is 1.10 bits per heavy atom. The summed E-state index contributed by atoms with van der Waals surface area (Å²) in [6.07, 6.45) is 1.76. The summed E-state index contributed by atoms with van der Waals surface area (Å²) < 4.78 is 60.6. The lowest BCUT2D eigenvalue weighted by Crippen LogP contribution is -2.37. The summed E-state index contributed by atoms with van der Waals surface area (Å²) >= 11 is 0.987. The maximum absolute atomic E-state index is 13.1. The van der Waals surface area contributed by atoms with Gasteiger partial charge in [-0.25, -0.2) is 26.6 Å². The van der Waals surface area contributed by atoms with Gasteiger partial charge in [-0.1, -0.05) is 0 Å². The fourth-order valence-corrected chi connectivity index (χ4v) is 7.29. The fourth-order valence-electron chi connectivity index (χ4n) is 3.01. The molecular weight excluding hydrogens is 440 g/mol. The molecule has 13 heteroatoms. The molecule has 3 heterocycles. The normalized spacial score (nSPS) is 17.2. The van der Waals surface area contributed by atoms with Gasteiger partial charge in [0.2, 0.25) is 10.0 Å². The topological polar surface area (TPSA) is 119 Å². The van der Waals surface area contributed by atoms with E-state index in [9.17, 15) is 21.6 Å². The van der Waals surface area contributed by atoms with Crippen LogP contribution in [0.15, 0.2) is 27.6 Å². The first-order chi connectivity index (χ1) is 13.6. The SMILES string of the molecule is COC(=O)c1sccc1S(=O)(=O)N1CCCN(S(=O)(=O)c2cn(C)c(C)n2)CC1. The van der Waals surface area contributed by atoms with Gasteiger partial charge in [0.05, 0.1) is 7.11 Å². The van der Waals surface area contributed by atoms with E-state index in [2.05, 4.69) is 9.72 Å². The summed E-state index contributed by atoms with van der Waals surface area (Å²) in [5.41, 5.74) is 0. The monoisotopic (exact) mass is 462 g/mol. The van der Waals surface area contributed by atoms with Crippen LogP contribution in [-0.2, 0) is 31.8 Å². The number of methoxy groups -OCH3 is 1. The van der Waals surface area contributed by atoms with E-state index in [1.807, 2.05) is 0 Å². The van der Waals surface area contributed by atoms with Crippen molar-refractivity contribution in [2.24, 2.45) is 7.05 Å². The van der Waals surface area contributed by atoms with Crippen molar-refractivity contribution in [2.45, 2.75) is 23.3 Å². The van der Waals surface area contributed by atoms with Gasteiger partial charge in [0.15, 0.2) is 5.03 Å². The van der Waals surface area contributed by atoms with E-state index in [1.165, 1.54) is 33.4 Å². The van der Waals surface area contributed by atoms with Crippen molar-refractivity contribution >= 4 is 37.4 Å². The number of hydrogen-bond donors (Lipinski definition) is 0. The Hall–Kier alpha value is -1.80. The first kappa shape index (κ1) is 21.9. The number of aryl methyl sites for hydroxylation is 2. The number of thiophene rings is 1. The van der Waals surface area contributed by atoms with Crippen LogP contribution < -0.4 is 0 Å². The molecule has 29 heavy (non-hydrogen) atoms. The molecule has 1 aliphatic heterocycles. The van der Waals surface area contributed by atoms with E-state index >= 15 is 0 Å². The number of ether oxygens (including phenoxy) is 1. The van der Waals surface area contributed by atoms with E-state index < -0.39 is 26.0 Å². The molecule has 0 aromatic carbocycles. The minimum Gasteiger partial charge on any atom is -0.465 e. The number of sulfonamides is 2. The van der Waals surface area contributed by atoms with E-state index in [-0.39, 0.29) is 41.0 Å². The third-order valence-corrected chi connectivity index (χ3v) is 9.46. The number of imidazole rings is 1. The van der Waals surface area contributed by atoms with Gasteiger partial charge >= 0.3 is 5.97 Å². The molecule has 0 radical (unpaired) electrons. The van der Waals surface area contributed by atoms with Gasteiger partial charge < -0.3 is 9.30 Å². The van der Waals surface area contributed by atoms with Crippen molar-refractivity contribution in [3.63, 3.8) is 0 Å². The Morgan fingerprint density at radius 2 is 1.72 bits per heavy atom. The number of nitrogens with zero attached hydrogens (tertiary/aromatic N) is 4. The van der Waals surface area contributed by atoms with Gasteiger partial charge in [-0.3, -0.25) is 0 Å². The quantitative estimate of drug-likeness (QED) is 0.599. The molecule has 3 rings (SSSR count). The lowest BCUT2D eigenvalue weighted by atomic mass is 10.4. The molecule has 0 saturated carbocycles. The summed E-state index contributed by atoms with van der Waals surface area (Å²) in [5, 5.41) is 1.46. The zero-order chi connectivity index (χ0) is 21.4. The van der Waals surface area contributed by atoms with Crippen molar-refractivity contribution in [1.82, 2.24) is 18.2 Å². The predicted octanol–water partition coefficient (Wildman–Crippen LogP) is 0.662. The van der Waals surface area contributed by atoms with Gasteiger partial charge in [-0.05, 0) is 24.8 Å². The van der Waals surface area contributed by atoms with Crippen LogP contribution in [-0.4, -0.2) is 74.3 Å². The van der Waals surface area contributed by atoms with Crippen LogP contribution in [0.25, 0.3) is 0 Å². The minimum absolute atomic E-state index is 0.00480. The predicted molar refractivity (Wildman–Crippen MR) is 106 cm³/mol. The summed E-state index contributed by atoms with van der Waals surface area (Å²) in [7, 11) is -4.90. The number of hydrogen-bond acceptors (Lipinski definition) is 8. The molecule has 0 aliphatic carbocycles. The van der Waals surface area contributed by atoms with Crippen molar-refractivity contribution in [3.05, 3.63) is 28.3 Å². The van der Waals surface area contributed by atoms with Gasteiger partial charge in [0.25, 0.3) is 10.0 Å². The van der Waals surface area contributed by atoms with Gasteiger partial charge in [-0.2, -0.15) is 8.61 Å². The molecule has 1 fully saturated rings. The second kappa shape index (κ2) is 8.14. The first-order valence-electron chi connectivity index (χ1n) is 8.75. The summed E-state index contributed by atoms with van der Waals surface area (Å²) in [4.78, 5) is 15.8. The van der Waals surface area contributed by atoms with Crippen LogP contribution >= 0.6 is 11.3 Å². The molecule has 1 saturated heterocycles. The van der Waals surface area contributed by atoms with Crippen molar-refractivity contribution in [3.8, 4) is 0 Å². The number of rotatable bonds is 5. The fraction of sp³-hybridized carbons (Fsp3) is 0.500. The highest BCUT2D eigenvalue weighted by Gasteiger charge is 2.35. The molecule has 2 aromatic heterocycles. The molecule has 0 amide bonds. The molecule has 0 atom stereocenters. The molecule has 0 bridgehead atoms. The molecule has 0 unspecified atom stereocenters. The molecular formula is C16H22N4O6S3. The van der Waals surface area contributed by atoms with Crippen LogP contribution in [0.3, 0.4) is 0 Å². The van der Waals surface area contributed by atoms with Gasteiger partial charge in [0.1, 0.15) is 15.6 Å². The Labute approximate surface area is 173 Å². The molecule has 0 spiro atoms. The Balaban J connectivity index is 1.83. The molecule has 10 nitrogen and oxygen atoms in total. The van der Waals surface area contributed by atoms with Crippen molar-refractivity contribution < 1.29 is 26.4 Å². The number of carbonyl (C=O) groups is 1. The molecule has 160 valence electrons. The van der Waals surface area contributed by atoms with E-state index in [0.717, 1.165) is 11.3 Å². The first-order valence-corrected chi connectivity index (χ1v) is 12.5. The van der Waals surface area contributed by atoms with Crippen LogP contribution in [0, 0.1) is 6.92 Å². The van der Waals surface area contributed by atoms with Gasteiger partial charge in [0, 0.05) is 39.4 Å². The van der Waals surface area contributed by atoms with Crippen LogP contribution in [0.5, 0.6) is 0 Å². The maximum Gasteiger partial charge on any atom is 0.349 e. The van der Waals surface area contributed by atoms with Gasteiger partial charge in [-0.15, -0.1) is 11.3 Å². The van der Waals surface area contributed by atoms with E-state index in [4.69, 9.17) is 0 Å². The van der Waals surface area contributed by atoms with Crippen molar-refractivity contribution in [2.75, 3.05) is 33.3 Å². The number of aromatic nitrogens is 2. The molecule has 2 aromatic rings. The molecule has 0 N–H and O–H groups in total. The minimum atomic E-state index is -3.96. The zero-order valence-electron chi connectivity index (χ0n) is 16.2. The second-order valence-corrected chi connectivity index (χ2v) is 11.2. The largest absolute Gasteiger partial charge is 0.465 e. The third kappa shape index (κ3) is 4.10. The summed E-state index contributed by atoms with van der Waals surface area (Å²) in [5.74, 6) is -0.154. The lowest BCUT2D eigenvalue weighted by molar-refractivity contribution is 0.0602. The number of carbonyl (C=O) groups excluding carboxylic acids is 1. The highest BCUT2D eigenvalue weighted by atomic mass is 32.2. The summed E-state index contributed by atoms with van der Waals surface area (Å²) in [6.45, 7) is 2.00. The average molecular weight is 463 g/mol. The summed E-state index contributed by atoms with van der Waals surface area (Å²) in [6, 6.07) is 1.36. The van der Waals surface area contributed by atoms with Crippen LogP contribution in [0.4, 0.5) is 0 Å². The van der Waals surface area contributed by atoms with Crippen molar-refractivity contribution in [1.29, 1.82) is 0 Å². The number of esters is 1. The molecule has 1 aliphatic rings. The highest BCUT2D eigenvalue weighted by Crippen LogP contribution is 2.27. The highest BCUT2D eigenvalue weighted by molar-refractivity contribution is 7.89. The van der Waals surface area contributed by atoms with E-state index in [0.29, 0.717) is 12.2 Å². The smallest absolute Gasteiger partial charge is 0.349 e. The van der Waals surface area contributed by atoms with Crippen LogP contribution in [0.1, 0.15) is 21.9 Å². The lowest BCUT2D eigenvalue weighted by Gasteiger charge is -2.21. The third-order valence-electron chi connectivity index (χ3n) is 4.72. The van der Waals surface area contributed by atoms with Crippen LogP contribution in [0.2, 0.25) is 0 Å².